The number of fused-ring (bicyclic) bond motifs is 7. The third kappa shape index (κ3) is 4.02. The van der Waals surface area contributed by atoms with E-state index in [9.17, 15) is 0 Å². The molecule has 0 radical (unpaired) electrons. The van der Waals surface area contributed by atoms with Gasteiger partial charge in [-0.3, -0.25) is 0 Å². The maximum Gasteiger partial charge on any atom is 0.0938 e. The first-order valence-corrected chi connectivity index (χ1v) is 15.4. The van der Waals surface area contributed by atoms with Crippen LogP contribution in [0.5, 0.6) is 0 Å². The van der Waals surface area contributed by atoms with Crippen molar-refractivity contribution >= 4 is 64.6 Å². The van der Waals surface area contributed by atoms with E-state index in [1.807, 2.05) is 11.3 Å². The monoisotopic (exact) mass is 543 g/mol. The second kappa shape index (κ2) is 9.83. The summed E-state index contributed by atoms with van der Waals surface area (Å²) in [6, 6.07) is 44.7. The fraction of sp³-hybridized carbons (Fsp3) is 0.103. The highest BCUT2D eigenvalue weighted by atomic mass is 32.1. The molecule has 0 unspecified atom stereocenters. The first-order chi connectivity index (χ1) is 20.3. The average Bonchev–Trinajstić information content (AvgIpc) is 3.45. The number of unbranched alkanes of at least 4 members (excludes halogenated alkanes) is 1. The van der Waals surface area contributed by atoms with Crippen molar-refractivity contribution < 1.29 is 0 Å². The van der Waals surface area contributed by atoms with Crippen molar-refractivity contribution in [3.63, 3.8) is 0 Å². The smallest absolute Gasteiger partial charge is 0.0938 e. The fourth-order valence-electron chi connectivity index (χ4n) is 6.44. The minimum Gasteiger partial charge on any atom is -0.241 e. The van der Waals surface area contributed by atoms with Crippen molar-refractivity contribution in [2.24, 2.45) is 0 Å². The fourth-order valence-corrected chi connectivity index (χ4v) is 7.52. The van der Waals surface area contributed by atoms with Crippen LogP contribution in [0.15, 0.2) is 121 Å². The van der Waals surface area contributed by atoms with E-state index in [2.05, 4.69) is 128 Å². The molecule has 196 valence electrons. The van der Waals surface area contributed by atoms with E-state index < -0.39 is 0 Å². The molecule has 0 atom stereocenters. The minimum absolute atomic E-state index is 1.03. The van der Waals surface area contributed by atoms with Crippen LogP contribution in [0.3, 0.4) is 0 Å². The lowest BCUT2D eigenvalue weighted by atomic mass is 9.89. The molecule has 0 bridgehead atoms. The highest BCUT2D eigenvalue weighted by Crippen LogP contribution is 2.43. The van der Waals surface area contributed by atoms with Gasteiger partial charge in [-0.25, -0.2) is 4.98 Å². The summed E-state index contributed by atoms with van der Waals surface area (Å²) in [6.07, 6.45) is 3.37. The molecule has 1 nitrogen and oxygen atoms in total. The van der Waals surface area contributed by atoms with Crippen molar-refractivity contribution in [1.82, 2.24) is 4.98 Å². The predicted molar refractivity (Wildman–Crippen MR) is 179 cm³/mol. The molecule has 2 heteroatoms. The Hall–Kier alpha value is -4.53. The standard InChI is InChI=1S/C39H29NS/c1-2-3-20-38-40-39-36(35-22-26-13-5-7-15-29(26)31-17-9-11-19-33(31)35)23-27(24-37(39)41-38)34-21-25-12-4-6-14-28(25)30-16-8-10-18-32(30)34/h4-19,21-24H,2-3,20H2,1H3. The van der Waals surface area contributed by atoms with Gasteiger partial charge in [-0.05, 0) is 96.9 Å². The summed E-state index contributed by atoms with van der Waals surface area (Å²) < 4.78 is 1.26. The van der Waals surface area contributed by atoms with Crippen LogP contribution in [0.25, 0.3) is 75.6 Å². The first kappa shape index (κ1) is 24.3. The molecule has 0 aliphatic carbocycles. The van der Waals surface area contributed by atoms with Gasteiger partial charge < -0.3 is 0 Å². The van der Waals surface area contributed by atoms with Crippen molar-refractivity contribution in [1.29, 1.82) is 0 Å². The van der Waals surface area contributed by atoms with Crippen LogP contribution in [0.1, 0.15) is 24.8 Å². The molecule has 8 aromatic rings. The zero-order valence-electron chi connectivity index (χ0n) is 23.0. The van der Waals surface area contributed by atoms with Crippen LogP contribution in [0.4, 0.5) is 0 Å². The average molecular weight is 544 g/mol. The van der Waals surface area contributed by atoms with Gasteiger partial charge in [-0.2, -0.15) is 0 Å². The predicted octanol–water partition coefficient (Wildman–Crippen LogP) is 11.6. The summed E-state index contributed by atoms with van der Waals surface area (Å²) in [4.78, 5) is 5.28. The molecule has 0 aliphatic rings. The minimum atomic E-state index is 1.03. The molecule has 7 aromatic carbocycles. The van der Waals surface area contributed by atoms with Crippen LogP contribution >= 0.6 is 11.3 Å². The number of nitrogens with zero attached hydrogens (tertiary/aromatic N) is 1. The number of thiazole rings is 1. The lowest BCUT2D eigenvalue weighted by molar-refractivity contribution is 0.791. The molecule has 0 fully saturated rings. The molecule has 8 rings (SSSR count). The van der Waals surface area contributed by atoms with Gasteiger partial charge in [0.25, 0.3) is 0 Å². The van der Waals surface area contributed by atoms with Crippen molar-refractivity contribution in [2.75, 3.05) is 0 Å². The van der Waals surface area contributed by atoms with E-state index in [0.717, 1.165) is 18.4 Å². The summed E-state index contributed by atoms with van der Waals surface area (Å²) in [5.74, 6) is 0. The Bertz CT molecular complexity index is 2260. The third-order valence-corrected chi connectivity index (χ3v) is 9.48. The zero-order chi connectivity index (χ0) is 27.3. The van der Waals surface area contributed by atoms with Crippen LogP contribution < -0.4 is 0 Å². The molecule has 0 N–H and O–H groups in total. The number of hydrogen-bond donors (Lipinski definition) is 0. The van der Waals surface area contributed by atoms with Crippen molar-refractivity contribution in [2.45, 2.75) is 26.2 Å². The SMILES string of the molecule is CCCCc1nc2c(-c3cc4ccccc4c4ccccc34)cc(-c3cc4ccccc4c4ccccc34)cc2s1. The van der Waals surface area contributed by atoms with Crippen LogP contribution in [0.2, 0.25) is 0 Å². The van der Waals surface area contributed by atoms with Gasteiger partial charge in [0.15, 0.2) is 0 Å². The normalized spacial score (nSPS) is 11.8. The molecule has 1 aromatic heterocycles. The van der Waals surface area contributed by atoms with Crippen LogP contribution in [0, 0.1) is 0 Å². The van der Waals surface area contributed by atoms with Crippen LogP contribution in [-0.2, 0) is 6.42 Å². The Morgan fingerprint density at radius 2 is 1.07 bits per heavy atom. The van der Waals surface area contributed by atoms with Crippen molar-refractivity contribution in [3.8, 4) is 22.3 Å². The molecular formula is C39H29NS. The van der Waals surface area contributed by atoms with Gasteiger partial charge in [-0.15, -0.1) is 11.3 Å². The van der Waals surface area contributed by atoms with Gasteiger partial charge in [0.05, 0.1) is 15.2 Å². The Labute approximate surface area is 243 Å². The Balaban J connectivity index is 1.48. The lowest BCUT2D eigenvalue weighted by Gasteiger charge is -2.15. The maximum absolute atomic E-state index is 5.28. The van der Waals surface area contributed by atoms with Gasteiger partial charge in [0.1, 0.15) is 0 Å². The molecule has 1 heterocycles. The summed E-state index contributed by atoms with van der Waals surface area (Å²) in [5, 5.41) is 11.5. The highest BCUT2D eigenvalue weighted by Gasteiger charge is 2.18. The molecule has 0 saturated heterocycles. The van der Waals surface area contributed by atoms with E-state index in [-0.39, 0.29) is 0 Å². The van der Waals surface area contributed by atoms with E-state index in [0.29, 0.717) is 0 Å². The third-order valence-electron chi connectivity index (χ3n) is 8.42. The van der Waals surface area contributed by atoms with E-state index in [4.69, 9.17) is 4.98 Å². The van der Waals surface area contributed by atoms with E-state index >= 15 is 0 Å². The molecule has 0 aliphatic heterocycles. The number of rotatable bonds is 5. The van der Waals surface area contributed by atoms with Gasteiger partial charge in [0, 0.05) is 5.56 Å². The summed E-state index contributed by atoms with van der Waals surface area (Å²) in [5.41, 5.74) is 6.11. The lowest BCUT2D eigenvalue weighted by Crippen LogP contribution is -1.90. The molecular weight excluding hydrogens is 515 g/mol. The summed E-state index contributed by atoms with van der Waals surface area (Å²) >= 11 is 1.86. The maximum atomic E-state index is 5.28. The number of benzene rings is 7. The number of hydrogen-bond acceptors (Lipinski definition) is 2. The first-order valence-electron chi connectivity index (χ1n) is 14.5. The quantitative estimate of drug-likeness (QED) is 0.197. The van der Waals surface area contributed by atoms with Gasteiger partial charge in [-0.1, -0.05) is 110 Å². The molecule has 0 saturated carbocycles. The second-order valence-corrected chi connectivity index (χ2v) is 12.1. The highest BCUT2D eigenvalue weighted by molar-refractivity contribution is 7.18. The topological polar surface area (TPSA) is 12.9 Å². The number of aromatic nitrogens is 1. The Kier molecular flexibility index (Phi) is 5.82. The van der Waals surface area contributed by atoms with Gasteiger partial charge in [0.2, 0.25) is 0 Å². The molecule has 41 heavy (non-hydrogen) atoms. The molecule has 0 amide bonds. The zero-order valence-corrected chi connectivity index (χ0v) is 23.8. The van der Waals surface area contributed by atoms with Gasteiger partial charge >= 0.3 is 0 Å². The summed E-state index contributed by atoms with van der Waals surface area (Å²) in [6.45, 7) is 2.25. The summed E-state index contributed by atoms with van der Waals surface area (Å²) in [7, 11) is 0. The van der Waals surface area contributed by atoms with Crippen molar-refractivity contribution in [3.05, 3.63) is 126 Å². The number of aryl methyl sites for hydroxylation is 1. The van der Waals surface area contributed by atoms with E-state index in [1.165, 1.54) is 81.5 Å². The Morgan fingerprint density at radius 1 is 0.537 bits per heavy atom. The second-order valence-electron chi connectivity index (χ2n) is 11.0. The largest absolute Gasteiger partial charge is 0.241 e. The Morgan fingerprint density at radius 3 is 1.71 bits per heavy atom. The van der Waals surface area contributed by atoms with Crippen LogP contribution in [-0.4, -0.2) is 4.98 Å². The molecule has 0 spiro atoms. The van der Waals surface area contributed by atoms with E-state index in [1.54, 1.807) is 0 Å².